The van der Waals surface area contributed by atoms with Gasteiger partial charge >= 0.3 is 12.3 Å². The van der Waals surface area contributed by atoms with Gasteiger partial charge in [0.15, 0.2) is 0 Å². The number of carbonyl (C=O) groups is 1. The number of hydrogen-bond donors (Lipinski definition) is 2. The van der Waals surface area contributed by atoms with E-state index < -0.39 is 39.0 Å². The SMILES string of the molecule is O=C(O)C(NS(=O)(=O)c1ccc(OC(F)(F)F)cc1)c1ccc(Cl)c(Cl)c1. The molecule has 2 aromatic rings. The van der Waals surface area contributed by atoms with Gasteiger partial charge in [-0.1, -0.05) is 29.3 Å². The van der Waals surface area contributed by atoms with Crippen molar-refractivity contribution in [2.45, 2.75) is 17.3 Å². The standard InChI is InChI=1S/C15H10Cl2F3NO5S/c16-11-6-1-8(7-12(11)17)13(14(22)23)21-27(24,25)10-4-2-9(3-5-10)26-15(18,19)20/h1-7,13,21H,(H,22,23). The number of ether oxygens (including phenoxy) is 1. The molecular weight excluding hydrogens is 434 g/mol. The van der Waals surface area contributed by atoms with Gasteiger partial charge in [0.1, 0.15) is 11.8 Å². The molecule has 1 atom stereocenters. The fourth-order valence-corrected chi connectivity index (χ4v) is 3.48. The highest BCUT2D eigenvalue weighted by atomic mass is 35.5. The van der Waals surface area contributed by atoms with Gasteiger partial charge in [0.05, 0.1) is 14.9 Å². The second-order valence-electron chi connectivity index (χ2n) is 5.09. The van der Waals surface area contributed by atoms with Crippen molar-refractivity contribution in [1.82, 2.24) is 4.72 Å². The molecule has 0 aliphatic rings. The van der Waals surface area contributed by atoms with E-state index in [9.17, 15) is 31.5 Å². The fourth-order valence-electron chi connectivity index (χ4n) is 2.00. The lowest BCUT2D eigenvalue weighted by molar-refractivity contribution is -0.274. The van der Waals surface area contributed by atoms with Crippen LogP contribution >= 0.6 is 23.2 Å². The van der Waals surface area contributed by atoms with E-state index in [1.165, 1.54) is 18.2 Å². The second kappa shape index (κ2) is 7.93. The number of halogens is 5. The molecular formula is C15H10Cl2F3NO5S. The first-order valence-electron chi connectivity index (χ1n) is 6.95. The summed E-state index contributed by atoms with van der Waals surface area (Å²) in [7, 11) is -4.38. The van der Waals surface area contributed by atoms with E-state index in [2.05, 4.69) is 4.74 Å². The molecule has 0 saturated carbocycles. The van der Waals surface area contributed by atoms with Crippen LogP contribution in [0.15, 0.2) is 47.4 Å². The summed E-state index contributed by atoms with van der Waals surface area (Å²) < 4.78 is 66.8. The number of hydrogen-bond acceptors (Lipinski definition) is 4. The first kappa shape index (κ1) is 21.3. The molecule has 146 valence electrons. The third-order valence-electron chi connectivity index (χ3n) is 3.16. The van der Waals surface area contributed by atoms with Crippen LogP contribution in [-0.2, 0) is 14.8 Å². The van der Waals surface area contributed by atoms with Crippen LogP contribution in [0.1, 0.15) is 11.6 Å². The van der Waals surface area contributed by atoms with E-state index in [4.69, 9.17) is 23.2 Å². The Morgan fingerprint density at radius 1 is 1.07 bits per heavy atom. The van der Waals surface area contributed by atoms with E-state index in [1.807, 2.05) is 4.72 Å². The Bertz CT molecular complexity index is 949. The van der Waals surface area contributed by atoms with Crippen LogP contribution in [0.2, 0.25) is 10.0 Å². The second-order valence-corrected chi connectivity index (χ2v) is 7.61. The molecule has 1 unspecified atom stereocenters. The van der Waals surface area contributed by atoms with Crippen molar-refractivity contribution >= 4 is 39.2 Å². The predicted molar refractivity (Wildman–Crippen MR) is 90.3 cm³/mol. The van der Waals surface area contributed by atoms with Crippen molar-refractivity contribution in [1.29, 1.82) is 0 Å². The number of alkyl halides is 3. The Labute approximate surface area is 161 Å². The van der Waals surface area contributed by atoms with Crippen molar-refractivity contribution in [2.24, 2.45) is 0 Å². The van der Waals surface area contributed by atoms with Gasteiger partial charge in [0.25, 0.3) is 0 Å². The van der Waals surface area contributed by atoms with Crippen molar-refractivity contribution < 1.29 is 36.2 Å². The minimum atomic E-state index is -4.93. The summed E-state index contributed by atoms with van der Waals surface area (Å²) in [4.78, 5) is 11.0. The zero-order valence-electron chi connectivity index (χ0n) is 13.0. The molecule has 0 heterocycles. The third kappa shape index (κ3) is 5.73. The van der Waals surface area contributed by atoms with Crippen molar-refractivity contribution in [3.05, 3.63) is 58.1 Å². The number of nitrogens with one attached hydrogen (secondary N) is 1. The topological polar surface area (TPSA) is 92.7 Å². The van der Waals surface area contributed by atoms with Gasteiger partial charge in [-0.3, -0.25) is 4.79 Å². The summed E-state index contributed by atoms with van der Waals surface area (Å²) in [5, 5.41) is 9.49. The molecule has 12 heteroatoms. The molecule has 0 bridgehead atoms. The summed E-state index contributed by atoms with van der Waals surface area (Å²) in [6.45, 7) is 0. The number of benzene rings is 2. The molecule has 0 aromatic heterocycles. The molecule has 0 radical (unpaired) electrons. The highest BCUT2D eigenvalue weighted by Gasteiger charge is 2.31. The first-order valence-corrected chi connectivity index (χ1v) is 9.19. The summed E-state index contributed by atoms with van der Waals surface area (Å²) >= 11 is 11.6. The van der Waals surface area contributed by atoms with Gasteiger partial charge < -0.3 is 9.84 Å². The smallest absolute Gasteiger partial charge is 0.480 e. The summed E-state index contributed by atoms with van der Waals surface area (Å²) in [6, 6.07) is 5.33. The Morgan fingerprint density at radius 3 is 2.15 bits per heavy atom. The molecule has 0 saturated heterocycles. The maximum Gasteiger partial charge on any atom is 0.573 e. The van der Waals surface area contributed by atoms with E-state index in [0.29, 0.717) is 0 Å². The summed E-state index contributed by atoms with van der Waals surface area (Å²) in [6.07, 6.45) is -4.93. The normalized spacial score (nSPS) is 13.2. The predicted octanol–water partition coefficient (Wildman–Crippen LogP) is 4.00. The van der Waals surface area contributed by atoms with Crippen LogP contribution < -0.4 is 9.46 Å². The fraction of sp³-hybridized carbons (Fsp3) is 0.133. The number of rotatable bonds is 6. The van der Waals surface area contributed by atoms with Gasteiger partial charge in [-0.25, -0.2) is 8.42 Å². The Morgan fingerprint density at radius 2 is 1.67 bits per heavy atom. The minimum Gasteiger partial charge on any atom is -0.480 e. The van der Waals surface area contributed by atoms with Gasteiger partial charge in [0.2, 0.25) is 10.0 Å². The monoisotopic (exact) mass is 443 g/mol. The van der Waals surface area contributed by atoms with Gasteiger partial charge in [0, 0.05) is 0 Å². The minimum absolute atomic E-state index is 0.0116. The van der Waals surface area contributed by atoms with E-state index >= 15 is 0 Å². The molecule has 27 heavy (non-hydrogen) atoms. The van der Waals surface area contributed by atoms with E-state index in [1.54, 1.807) is 0 Å². The number of carboxylic acids is 1. The Kier molecular flexibility index (Phi) is 6.25. The maximum absolute atomic E-state index is 12.4. The molecule has 2 N–H and O–H groups in total. The van der Waals surface area contributed by atoms with Crippen LogP contribution in [0.25, 0.3) is 0 Å². The van der Waals surface area contributed by atoms with Gasteiger partial charge in [-0.05, 0) is 42.0 Å². The largest absolute Gasteiger partial charge is 0.573 e. The highest BCUT2D eigenvalue weighted by Crippen LogP contribution is 2.28. The zero-order chi connectivity index (χ0) is 20.4. The molecule has 0 amide bonds. The molecule has 0 aliphatic heterocycles. The lowest BCUT2D eigenvalue weighted by atomic mass is 10.1. The average Bonchev–Trinajstić information content (AvgIpc) is 2.54. The summed E-state index contributed by atoms with van der Waals surface area (Å²) in [5.41, 5.74) is 0.0116. The van der Waals surface area contributed by atoms with Crippen LogP contribution in [0.5, 0.6) is 5.75 Å². The molecule has 0 aliphatic carbocycles. The van der Waals surface area contributed by atoms with E-state index in [-0.39, 0.29) is 15.6 Å². The van der Waals surface area contributed by atoms with Crippen LogP contribution in [-0.4, -0.2) is 25.9 Å². The quantitative estimate of drug-likeness (QED) is 0.703. The maximum atomic E-state index is 12.4. The summed E-state index contributed by atoms with van der Waals surface area (Å²) in [5.74, 6) is -2.14. The van der Waals surface area contributed by atoms with Crippen molar-refractivity contribution in [3.8, 4) is 5.75 Å². The first-order chi connectivity index (χ1) is 12.4. The lowest BCUT2D eigenvalue weighted by Crippen LogP contribution is -2.33. The third-order valence-corrected chi connectivity index (χ3v) is 5.34. The van der Waals surface area contributed by atoms with Crippen molar-refractivity contribution in [2.75, 3.05) is 0 Å². The molecule has 0 spiro atoms. The highest BCUT2D eigenvalue weighted by molar-refractivity contribution is 7.89. The zero-order valence-corrected chi connectivity index (χ0v) is 15.3. The Hall–Kier alpha value is -2.01. The van der Waals surface area contributed by atoms with E-state index in [0.717, 1.165) is 24.3 Å². The van der Waals surface area contributed by atoms with Gasteiger partial charge in [-0.15, -0.1) is 13.2 Å². The number of aliphatic carboxylic acids is 1. The number of sulfonamides is 1. The molecule has 0 fully saturated rings. The molecule has 2 aromatic carbocycles. The Balaban J connectivity index is 2.29. The molecule has 6 nitrogen and oxygen atoms in total. The average molecular weight is 444 g/mol. The lowest BCUT2D eigenvalue weighted by Gasteiger charge is -2.16. The number of carboxylic acid groups (broad SMARTS) is 1. The van der Waals surface area contributed by atoms with Crippen LogP contribution in [0.3, 0.4) is 0 Å². The molecule has 2 rings (SSSR count). The van der Waals surface area contributed by atoms with Crippen molar-refractivity contribution in [3.63, 3.8) is 0 Å². The van der Waals surface area contributed by atoms with Crippen LogP contribution in [0.4, 0.5) is 13.2 Å². The van der Waals surface area contributed by atoms with Crippen LogP contribution in [0, 0.1) is 0 Å². The van der Waals surface area contributed by atoms with Gasteiger partial charge in [-0.2, -0.15) is 4.72 Å².